The fourth-order valence-electron chi connectivity index (χ4n) is 5.67. The van der Waals surface area contributed by atoms with Crippen molar-refractivity contribution in [3.63, 3.8) is 0 Å². The van der Waals surface area contributed by atoms with E-state index in [4.69, 9.17) is 11.6 Å². The van der Waals surface area contributed by atoms with Crippen LogP contribution in [-0.4, -0.2) is 29.0 Å². The predicted molar refractivity (Wildman–Crippen MR) is 154 cm³/mol. The lowest BCUT2D eigenvalue weighted by molar-refractivity contribution is -0.121. The molecule has 0 aliphatic heterocycles. The Labute approximate surface area is 236 Å². The van der Waals surface area contributed by atoms with Gasteiger partial charge in [-0.1, -0.05) is 86.7 Å². The number of amides is 1. The predicted octanol–water partition coefficient (Wildman–Crippen LogP) is 6.67. The van der Waals surface area contributed by atoms with E-state index in [1.165, 1.54) is 12.1 Å². The van der Waals surface area contributed by atoms with E-state index in [2.05, 4.69) is 16.6 Å². The molecule has 39 heavy (non-hydrogen) atoms. The van der Waals surface area contributed by atoms with Crippen LogP contribution in [0.3, 0.4) is 0 Å². The van der Waals surface area contributed by atoms with Crippen LogP contribution in [0.15, 0.2) is 53.4 Å². The molecular weight excluding hydrogens is 534 g/mol. The van der Waals surface area contributed by atoms with Crippen molar-refractivity contribution in [3.8, 4) is 5.88 Å². The van der Waals surface area contributed by atoms with Crippen molar-refractivity contribution < 1.29 is 18.3 Å². The van der Waals surface area contributed by atoms with Crippen molar-refractivity contribution in [3.05, 3.63) is 76.2 Å². The van der Waals surface area contributed by atoms with Gasteiger partial charge in [-0.15, -0.1) is 0 Å². The zero-order valence-electron chi connectivity index (χ0n) is 22.9. The van der Waals surface area contributed by atoms with Gasteiger partial charge < -0.3 is 5.11 Å². The van der Waals surface area contributed by atoms with E-state index >= 15 is 0 Å². The highest BCUT2D eigenvalue weighted by Gasteiger charge is 2.34. The molecule has 0 saturated heterocycles. The lowest BCUT2D eigenvalue weighted by Crippen LogP contribution is -2.37. The van der Waals surface area contributed by atoms with Crippen molar-refractivity contribution in [2.75, 3.05) is 0 Å². The van der Waals surface area contributed by atoms with Crippen LogP contribution in [-0.2, 0) is 21.2 Å². The number of sulfonamides is 1. The molecule has 0 spiro atoms. The lowest BCUT2D eigenvalue weighted by Gasteiger charge is -2.25. The third-order valence-corrected chi connectivity index (χ3v) is 9.39. The van der Waals surface area contributed by atoms with Crippen LogP contribution in [0.5, 0.6) is 5.88 Å². The van der Waals surface area contributed by atoms with E-state index in [1.54, 1.807) is 12.1 Å². The molecule has 2 atom stereocenters. The number of aromatic nitrogens is 2. The zero-order valence-corrected chi connectivity index (χ0v) is 24.4. The van der Waals surface area contributed by atoms with Crippen LogP contribution < -0.4 is 4.72 Å². The normalized spacial score (nSPS) is 15.8. The summed E-state index contributed by atoms with van der Waals surface area (Å²) < 4.78 is 30.2. The van der Waals surface area contributed by atoms with Gasteiger partial charge in [-0.3, -0.25) is 9.36 Å². The summed E-state index contributed by atoms with van der Waals surface area (Å²) in [6.07, 6.45) is 7.17. The van der Waals surface area contributed by atoms with Crippen molar-refractivity contribution in [2.45, 2.75) is 89.0 Å². The first-order valence-corrected chi connectivity index (χ1v) is 15.7. The molecule has 2 aromatic carbocycles. The Hall–Kier alpha value is -2.84. The molecule has 1 heterocycles. The number of hydrogen-bond donors (Lipinski definition) is 2. The summed E-state index contributed by atoms with van der Waals surface area (Å²) in [5.41, 5.74) is 2.69. The number of benzene rings is 2. The van der Waals surface area contributed by atoms with Crippen LogP contribution >= 0.6 is 11.6 Å². The van der Waals surface area contributed by atoms with E-state index in [1.807, 2.05) is 42.7 Å². The van der Waals surface area contributed by atoms with Crippen molar-refractivity contribution >= 4 is 27.5 Å². The number of aryl methyl sites for hydroxylation is 2. The molecule has 0 bridgehead atoms. The monoisotopic (exact) mass is 571 g/mol. The molecule has 1 aromatic heterocycles. The SMILES string of the molecule is CCCCc1nc(Cl)c(O)n1C(CC)c1ccc(C(C(=O)NS(=O)(=O)c2ccc(C)cc2)C2CCCC2)cc1. The number of rotatable bonds is 11. The first-order chi connectivity index (χ1) is 18.7. The Bertz CT molecular complexity index is 1380. The first kappa shape index (κ1) is 29.2. The largest absolute Gasteiger partial charge is 0.492 e. The summed E-state index contributed by atoms with van der Waals surface area (Å²) in [5, 5.41) is 10.8. The highest BCUT2D eigenvalue weighted by Crippen LogP contribution is 2.39. The number of imidazole rings is 1. The molecule has 9 heteroatoms. The number of aromatic hydroxyl groups is 1. The fourth-order valence-corrected chi connectivity index (χ4v) is 6.86. The number of nitrogens with one attached hydrogen (secondary N) is 1. The van der Waals surface area contributed by atoms with Crippen LogP contribution in [0.4, 0.5) is 0 Å². The maximum absolute atomic E-state index is 13.5. The van der Waals surface area contributed by atoms with Gasteiger partial charge in [-0.2, -0.15) is 0 Å². The van der Waals surface area contributed by atoms with Gasteiger partial charge in [0.25, 0.3) is 10.0 Å². The molecule has 7 nitrogen and oxygen atoms in total. The van der Waals surface area contributed by atoms with Crippen LogP contribution in [0, 0.1) is 12.8 Å². The second kappa shape index (κ2) is 12.6. The maximum atomic E-state index is 13.5. The Morgan fingerprint density at radius 2 is 1.69 bits per heavy atom. The summed E-state index contributed by atoms with van der Waals surface area (Å²) in [4.78, 5) is 18.0. The van der Waals surface area contributed by atoms with E-state index in [0.29, 0.717) is 12.8 Å². The Morgan fingerprint density at radius 1 is 1.08 bits per heavy atom. The molecular formula is C30H38ClN3O4S. The van der Waals surface area contributed by atoms with Gasteiger partial charge in [0.05, 0.1) is 16.9 Å². The number of hydrogen-bond acceptors (Lipinski definition) is 5. The van der Waals surface area contributed by atoms with E-state index in [-0.39, 0.29) is 27.9 Å². The number of halogens is 1. The minimum Gasteiger partial charge on any atom is -0.492 e. The molecule has 1 aliphatic carbocycles. The third-order valence-electron chi connectivity index (χ3n) is 7.77. The average molecular weight is 572 g/mol. The zero-order chi connectivity index (χ0) is 28.2. The summed E-state index contributed by atoms with van der Waals surface area (Å²) in [6.45, 7) is 6.03. The molecule has 1 amide bonds. The van der Waals surface area contributed by atoms with Gasteiger partial charge in [-0.05, 0) is 61.8 Å². The van der Waals surface area contributed by atoms with Crippen LogP contribution in [0.25, 0.3) is 0 Å². The summed E-state index contributed by atoms with van der Waals surface area (Å²) in [7, 11) is -3.99. The first-order valence-electron chi connectivity index (χ1n) is 13.8. The van der Waals surface area contributed by atoms with Crippen LogP contribution in [0.1, 0.15) is 93.3 Å². The molecule has 4 rings (SSSR count). The lowest BCUT2D eigenvalue weighted by atomic mass is 9.83. The smallest absolute Gasteiger partial charge is 0.264 e. The second-order valence-corrected chi connectivity index (χ2v) is 12.6. The summed E-state index contributed by atoms with van der Waals surface area (Å²) in [6, 6.07) is 14.1. The molecule has 1 aliphatic rings. The number of unbranched alkanes of at least 4 members (excludes halogenated alkanes) is 1. The van der Waals surface area contributed by atoms with E-state index in [0.717, 1.165) is 61.0 Å². The highest BCUT2D eigenvalue weighted by molar-refractivity contribution is 7.90. The topological polar surface area (TPSA) is 101 Å². The van der Waals surface area contributed by atoms with E-state index in [9.17, 15) is 18.3 Å². The number of nitrogens with zero attached hydrogens (tertiary/aromatic N) is 2. The van der Waals surface area contributed by atoms with Gasteiger partial charge in [0.2, 0.25) is 11.8 Å². The minimum absolute atomic E-state index is 0.0387. The van der Waals surface area contributed by atoms with Gasteiger partial charge in [0.15, 0.2) is 5.15 Å². The quantitative estimate of drug-likeness (QED) is 0.267. The fraction of sp³-hybridized carbons (Fsp3) is 0.467. The Kier molecular flexibility index (Phi) is 9.39. The van der Waals surface area contributed by atoms with E-state index < -0.39 is 21.8 Å². The molecule has 1 saturated carbocycles. The number of carbonyl (C=O) groups excluding carboxylic acids is 1. The Morgan fingerprint density at radius 3 is 2.28 bits per heavy atom. The standard InChI is InChI=1S/C30H38ClN3O4S/c1-4-6-11-26-32-28(31)30(36)34(26)25(5-2)21-14-16-23(17-15-21)27(22-9-7-8-10-22)29(35)33-39(37,38)24-18-12-20(3)13-19-24/h12-19,22,25,27,36H,4-11H2,1-3H3,(H,33,35). The molecule has 2 unspecified atom stereocenters. The molecule has 210 valence electrons. The summed E-state index contributed by atoms with van der Waals surface area (Å²) in [5.74, 6) is -0.285. The van der Waals surface area contributed by atoms with Crippen molar-refractivity contribution in [1.29, 1.82) is 0 Å². The highest BCUT2D eigenvalue weighted by atomic mass is 35.5. The van der Waals surface area contributed by atoms with Gasteiger partial charge >= 0.3 is 0 Å². The van der Waals surface area contributed by atoms with Gasteiger partial charge in [-0.25, -0.2) is 18.1 Å². The Balaban J connectivity index is 1.63. The molecule has 1 fully saturated rings. The number of carbonyl (C=O) groups is 1. The second-order valence-electron chi connectivity index (χ2n) is 10.5. The molecule has 3 aromatic rings. The average Bonchev–Trinajstić information content (AvgIpc) is 3.53. The van der Waals surface area contributed by atoms with Gasteiger partial charge in [0, 0.05) is 6.42 Å². The maximum Gasteiger partial charge on any atom is 0.264 e. The molecule has 2 N–H and O–H groups in total. The van der Waals surface area contributed by atoms with Crippen molar-refractivity contribution in [1.82, 2.24) is 14.3 Å². The summed E-state index contributed by atoms with van der Waals surface area (Å²) >= 11 is 6.21. The molecule has 0 radical (unpaired) electrons. The van der Waals surface area contributed by atoms with Crippen molar-refractivity contribution in [2.24, 2.45) is 5.92 Å². The third kappa shape index (κ3) is 6.49. The van der Waals surface area contributed by atoms with Crippen LogP contribution in [0.2, 0.25) is 5.15 Å². The minimum atomic E-state index is -3.99. The van der Waals surface area contributed by atoms with Gasteiger partial charge in [0.1, 0.15) is 5.82 Å².